The summed E-state index contributed by atoms with van der Waals surface area (Å²) in [5, 5.41) is 0. The molecular weight excluding hydrogens is 334 g/mol. The second kappa shape index (κ2) is 3.79. The van der Waals surface area contributed by atoms with Crippen molar-refractivity contribution in [2.75, 3.05) is 5.73 Å². The predicted molar refractivity (Wildman–Crippen MR) is 62.9 cm³/mol. The number of imidazole rings is 1. The number of nitrogens with two attached hydrogens (primary N) is 1. The number of halogens is 4. The standard InChI is InChI=1S/C9H7F3IN3/c10-9(11,12)4-16-7-2-1-5(13)3-6(7)15-8(16)14/h1-3H,4H2,(H2,14,15). The molecule has 0 unspecified atom stereocenters. The van der Waals surface area contributed by atoms with Crippen molar-refractivity contribution in [2.45, 2.75) is 12.7 Å². The molecule has 0 atom stereocenters. The summed E-state index contributed by atoms with van der Waals surface area (Å²) in [5.74, 6) is -0.116. The van der Waals surface area contributed by atoms with Gasteiger partial charge in [-0.3, -0.25) is 0 Å². The van der Waals surface area contributed by atoms with Crippen molar-refractivity contribution < 1.29 is 13.2 Å². The van der Waals surface area contributed by atoms with E-state index >= 15 is 0 Å². The van der Waals surface area contributed by atoms with Gasteiger partial charge in [-0.15, -0.1) is 0 Å². The molecule has 0 fully saturated rings. The maximum absolute atomic E-state index is 12.3. The van der Waals surface area contributed by atoms with Crippen LogP contribution < -0.4 is 5.73 Å². The minimum absolute atomic E-state index is 0.116. The van der Waals surface area contributed by atoms with Crippen LogP contribution in [0.25, 0.3) is 11.0 Å². The first kappa shape index (κ1) is 11.5. The summed E-state index contributed by atoms with van der Waals surface area (Å²) in [4.78, 5) is 3.89. The zero-order valence-electron chi connectivity index (χ0n) is 7.92. The molecule has 1 aromatic carbocycles. The highest BCUT2D eigenvalue weighted by Crippen LogP contribution is 2.25. The summed E-state index contributed by atoms with van der Waals surface area (Å²) < 4.78 is 38.8. The number of fused-ring (bicyclic) bond motifs is 1. The van der Waals surface area contributed by atoms with Crippen molar-refractivity contribution in [2.24, 2.45) is 0 Å². The molecule has 0 radical (unpaired) electrons. The Kier molecular flexibility index (Phi) is 2.72. The summed E-state index contributed by atoms with van der Waals surface area (Å²) in [5.41, 5.74) is 6.34. The van der Waals surface area contributed by atoms with Gasteiger partial charge in [-0.2, -0.15) is 13.2 Å². The van der Waals surface area contributed by atoms with E-state index in [-0.39, 0.29) is 5.95 Å². The quantitative estimate of drug-likeness (QED) is 0.811. The molecule has 1 heterocycles. The van der Waals surface area contributed by atoms with Gasteiger partial charge in [0, 0.05) is 3.57 Å². The molecule has 0 amide bonds. The average molecular weight is 341 g/mol. The smallest absolute Gasteiger partial charge is 0.369 e. The normalized spacial score (nSPS) is 12.2. The van der Waals surface area contributed by atoms with Crippen molar-refractivity contribution in [3.63, 3.8) is 0 Å². The fourth-order valence-electron chi connectivity index (χ4n) is 1.47. The number of aromatic nitrogens is 2. The van der Waals surface area contributed by atoms with E-state index in [9.17, 15) is 13.2 Å². The van der Waals surface area contributed by atoms with Gasteiger partial charge in [-0.05, 0) is 40.8 Å². The number of alkyl halides is 3. The first-order valence-electron chi connectivity index (χ1n) is 4.35. The van der Waals surface area contributed by atoms with Crippen molar-refractivity contribution in [1.82, 2.24) is 9.55 Å². The van der Waals surface area contributed by atoms with E-state index in [0.29, 0.717) is 11.0 Å². The molecule has 2 aromatic rings. The summed E-state index contributed by atoms with van der Waals surface area (Å²) in [7, 11) is 0. The Morgan fingerprint density at radius 3 is 2.69 bits per heavy atom. The largest absolute Gasteiger partial charge is 0.406 e. The van der Waals surface area contributed by atoms with Gasteiger partial charge in [0.15, 0.2) is 0 Å². The highest BCUT2D eigenvalue weighted by Gasteiger charge is 2.29. The second-order valence-corrected chi connectivity index (χ2v) is 4.55. The molecule has 0 aliphatic carbocycles. The Morgan fingerprint density at radius 1 is 1.38 bits per heavy atom. The molecule has 1 aromatic heterocycles. The van der Waals surface area contributed by atoms with E-state index in [1.807, 2.05) is 0 Å². The predicted octanol–water partition coefficient (Wildman–Crippen LogP) is 2.79. The SMILES string of the molecule is Nc1nc2cc(I)ccc2n1CC(F)(F)F. The van der Waals surface area contributed by atoms with E-state index in [1.165, 1.54) is 0 Å². The van der Waals surface area contributed by atoms with Crippen molar-refractivity contribution >= 4 is 39.6 Å². The lowest BCUT2D eigenvalue weighted by Gasteiger charge is -2.09. The number of nitrogens with zero attached hydrogens (tertiary/aromatic N) is 2. The summed E-state index contributed by atoms with van der Waals surface area (Å²) in [6, 6.07) is 5.00. The molecule has 86 valence electrons. The molecule has 2 rings (SSSR count). The zero-order valence-corrected chi connectivity index (χ0v) is 10.1. The fourth-order valence-corrected chi connectivity index (χ4v) is 1.94. The fraction of sp³-hybridized carbons (Fsp3) is 0.222. The average Bonchev–Trinajstić information content (AvgIpc) is 2.40. The van der Waals surface area contributed by atoms with Crippen LogP contribution in [0.5, 0.6) is 0 Å². The second-order valence-electron chi connectivity index (χ2n) is 3.30. The van der Waals surface area contributed by atoms with Gasteiger partial charge in [-0.1, -0.05) is 0 Å². The molecule has 0 bridgehead atoms. The third kappa shape index (κ3) is 2.23. The van der Waals surface area contributed by atoms with Crippen LogP contribution in [0, 0.1) is 3.57 Å². The lowest BCUT2D eigenvalue weighted by Crippen LogP contribution is -2.19. The first-order chi connectivity index (χ1) is 7.37. The molecule has 0 saturated heterocycles. The minimum atomic E-state index is -4.30. The molecule has 7 heteroatoms. The molecular formula is C9H7F3IN3. The van der Waals surface area contributed by atoms with Crippen LogP contribution in [0.2, 0.25) is 0 Å². The molecule has 0 spiro atoms. The molecule has 0 aliphatic heterocycles. The van der Waals surface area contributed by atoms with Crippen molar-refractivity contribution in [1.29, 1.82) is 0 Å². The Bertz CT molecular complexity index is 533. The van der Waals surface area contributed by atoms with E-state index in [0.717, 1.165) is 8.14 Å². The van der Waals surface area contributed by atoms with Crippen LogP contribution in [0.3, 0.4) is 0 Å². The van der Waals surface area contributed by atoms with Gasteiger partial charge in [0.2, 0.25) is 5.95 Å². The monoisotopic (exact) mass is 341 g/mol. The van der Waals surface area contributed by atoms with Crippen LogP contribution >= 0.6 is 22.6 Å². The van der Waals surface area contributed by atoms with Gasteiger partial charge >= 0.3 is 6.18 Å². The van der Waals surface area contributed by atoms with Gasteiger partial charge in [0.05, 0.1) is 11.0 Å². The first-order valence-corrected chi connectivity index (χ1v) is 5.43. The third-order valence-electron chi connectivity index (χ3n) is 2.08. The lowest BCUT2D eigenvalue weighted by molar-refractivity contribution is -0.139. The Hall–Kier alpha value is -0.990. The molecule has 2 N–H and O–H groups in total. The van der Waals surface area contributed by atoms with Gasteiger partial charge < -0.3 is 10.3 Å². The number of rotatable bonds is 1. The molecule has 0 saturated carbocycles. The number of hydrogen-bond donors (Lipinski definition) is 1. The topological polar surface area (TPSA) is 43.8 Å². The van der Waals surface area contributed by atoms with Crippen LogP contribution in [-0.2, 0) is 6.54 Å². The highest BCUT2D eigenvalue weighted by molar-refractivity contribution is 14.1. The summed E-state index contributed by atoms with van der Waals surface area (Å²) in [6.07, 6.45) is -4.30. The summed E-state index contributed by atoms with van der Waals surface area (Å²) >= 11 is 2.06. The Balaban J connectivity index is 2.56. The van der Waals surface area contributed by atoms with E-state index in [1.54, 1.807) is 18.2 Å². The van der Waals surface area contributed by atoms with E-state index in [2.05, 4.69) is 27.6 Å². The van der Waals surface area contributed by atoms with Gasteiger partial charge in [-0.25, -0.2) is 4.98 Å². The highest BCUT2D eigenvalue weighted by atomic mass is 127. The maximum atomic E-state index is 12.3. The molecule has 0 aliphatic rings. The number of hydrogen-bond acceptors (Lipinski definition) is 2. The van der Waals surface area contributed by atoms with E-state index in [4.69, 9.17) is 5.73 Å². The van der Waals surface area contributed by atoms with Crippen LogP contribution in [0.4, 0.5) is 19.1 Å². The van der Waals surface area contributed by atoms with Gasteiger partial charge in [0.25, 0.3) is 0 Å². The Morgan fingerprint density at radius 2 is 2.06 bits per heavy atom. The van der Waals surface area contributed by atoms with Crippen molar-refractivity contribution in [3.05, 3.63) is 21.8 Å². The van der Waals surface area contributed by atoms with E-state index < -0.39 is 12.7 Å². The maximum Gasteiger partial charge on any atom is 0.406 e. The molecule has 3 nitrogen and oxygen atoms in total. The number of anilines is 1. The third-order valence-corrected chi connectivity index (χ3v) is 2.75. The van der Waals surface area contributed by atoms with Crippen LogP contribution in [0.15, 0.2) is 18.2 Å². The number of benzene rings is 1. The van der Waals surface area contributed by atoms with Gasteiger partial charge in [0.1, 0.15) is 6.54 Å². The Labute approximate surface area is 103 Å². The lowest BCUT2D eigenvalue weighted by atomic mass is 10.3. The van der Waals surface area contributed by atoms with Crippen LogP contribution in [0.1, 0.15) is 0 Å². The zero-order chi connectivity index (χ0) is 11.9. The van der Waals surface area contributed by atoms with Crippen LogP contribution in [-0.4, -0.2) is 15.7 Å². The number of nitrogen functional groups attached to an aromatic ring is 1. The minimum Gasteiger partial charge on any atom is -0.369 e. The van der Waals surface area contributed by atoms with Crippen molar-refractivity contribution in [3.8, 4) is 0 Å². The summed E-state index contributed by atoms with van der Waals surface area (Å²) in [6.45, 7) is -1.12. The molecule has 16 heavy (non-hydrogen) atoms.